The van der Waals surface area contributed by atoms with E-state index in [4.69, 9.17) is 0 Å². The Morgan fingerprint density at radius 2 is 2.45 bits per heavy atom. The lowest BCUT2D eigenvalue weighted by atomic mass is 10.3. The lowest BCUT2D eigenvalue weighted by Crippen LogP contribution is -1.81. The van der Waals surface area contributed by atoms with Crippen LogP contribution in [0.1, 0.15) is 12.5 Å². The van der Waals surface area contributed by atoms with Crippen LogP contribution in [-0.2, 0) is 0 Å². The number of rotatable bonds is 2. The van der Waals surface area contributed by atoms with Crippen LogP contribution in [0.4, 0.5) is 5.82 Å². The van der Waals surface area contributed by atoms with Crippen molar-refractivity contribution in [3.05, 3.63) is 24.2 Å². The van der Waals surface area contributed by atoms with Gasteiger partial charge in [-0.05, 0) is 13.6 Å². The second-order valence-electron chi connectivity index (χ2n) is 1.96. The van der Waals surface area contributed by atoms with Crippen LogP contribution >= 0.6 is 0 Å². The van der Waals surface area contributed by atoms with Crippen molar-refractivity contribution < 1.29 is 0 Å². The van der Waals surface area contributed by atoms with Crippen LogP contribution in [0.25, 0.3) is 6.08 Å². The van der Waals surface area contributed by atoms with E-state index in [1.807, 2.05) is 19.1 Å². The van der Waals surface area contributed by atoms with Gasteiger partial charge < -0.3 is 0 Å². The molecule has 0 aliphatic rings. The first-order valence-electron chi connectivity index (χ1n) is 3.28. The van der Waals surface area contributed by atoms with Gasteiger partial charge in [0.25, 0.3) is 0 Å². The minimum absolute atomic E-state index is 0.623. The van der Waals surface area contributed by atoms with E-state index in [1.165, 1.54) is 6.33 Å². The molecule has 0 aliphatic heterocycles. The smallest absolute Gasteiger partial charge is 0.161 e. The highest BCUT2D eigenvalue weighted by Crippen LogP contribution is 2.13. The van der Waals surface area contributed by atoms with Gasteiger partial charge in [0.2, 0.25) is 0 Å². The number of aromatic nitrogens is 2. The molecule has 1 aromatic rings. The number of aliphatic imine (C=N–C) groups is 1. The summed E-state index contributed by atoms with van der Waals surface area (Å²) in [6.45, 7) is 5.33. The van der Waals surface area contributed by atoms with Gasteiger partial charge in [-0.2, -0.15) is 0 Å². The number of allylic oxidation sites excluding steroid dienone is 1. The fourth-order valence-electron chi connectivity index (χ4n) is 0.763. The maximum Gasteiger partial charge on any atom is 0.161 e. The molecule has 0 aromatic carbocycles. The molecule has 0 bridgehead atoms. The standard InChI is InChI=1S/C8H9N3/c1-3-4-7-5-10-6-11-8(7)9-2/h3-6H,2H2,1H3. The Labute approximate surface area is 65.5 Å². The van der Waals surface area contributed by atoms with E-state index in [-0.39, 0.29) is 0 Å². The topological polar surface area (TPSA) is 38.1 Å². The van der Waals surface area contributed by atoms with Gasteiger partial charge in [0.1, 0.15) is 6.33 Å². The molecule has 0 aliphatic carbocycles. The van der Waals surface area contributed by atoms with Gasteiger partial charge in [-0.15, -0.1) is 0 Å². The lowest BCUT2D eigenvalue weighted by Gasteiger charge is -1.94. The van der Waals surface area contributed by atoms with Crippen LogP contribution in [0.15, 0.2) is 23.6 Å². The van der Waals surface area contributed by atoms with Crippen molar-refractivity contribution in [3.8, 4) is 0 Å². The summed E-state index contributed by atoms with van der Waals surface area (Å²) < 4.78 is 0. The summed E-state index contributed by atoms with van der Waals surface area (Å²) in [5.74, 6) is 0.623. The van der Waals surface area contributed by atoms with E-state index >= 15 is 0 Å². The van der Waals surface area contributed by atoms with E-state index < -0.39 is 0 Å². The average Bonchev–Trinajstić information content (AvgIpc) is 2.06. The van der Waals surface area contributed by atoms with Crippen molar-refractivity contribution in [2.45, 2.75) is 6.92 Å². The van der Waals surface area contributed by atoms with Gasteiger partial charge in [-0.3, -0.25) is 0 Å². The zero-order valence-corrected chi connectivity index (χ0v) is 6.36. The third-order valence-corrected chi connectivity index (χ3v) is 1.21. The fourth-order valence-corrected chi connectivity index (χ4v) is 0.763. The molecule has 0 unspecified atom stereocenters. The Morgan fingerprint density at radius 1 is 1.64 bits per heavy atom. The molecule has 1 aromatic heterocycles. The molecule has 11 heavy (non-hydrogen) atoms. The van der Waals surface area contributed by atoms with Crippen molar-refractivity contribution in [2.24, 2.45) is 4.99 Å². The molecule has 56 valence electrons. The predicted molar refractivity (Wildman–Crippen MR) is 45.9 cm³/mol. The van der Waals surface area contributed by atoms with Gasteiger partial charge in [0.15, 0.2) is 5.82 Å². The highest BCUT2D eigenvalue weighted by Gasteiger charge is 1.94. The Kier molecular flexibility index (Phi) is 2.49. The van der Waals surface area contributed by atoms with Gasteiger partial charge in [0.05, 0.1) is 0 Å². The van der Waals surface area contributed by atoms with Crippen LogP contribution in [0, 0.1) is 0 Å². The van der Waals surface area contributed by atoms with E-state index in [1.54, 1.807) is 6.20 Å². The molecule has 1 rings (SSSR count). The van der Waals surface area contributed by atoms with Crippen LogP contribution in [0.5, 0.6) is 0 Å². The van der Waals surface area contributed by atoms with Gasteiger partial charge in [-0.1, -0.05) is 12.2 Å². The molecule has 0 spiro atoms. The number of hydrogen-bond donors (Lipinski definition) is 0. The Hall–Kier alpha value is -1.51. The van der Waals surface area contributed by atoms with Crippen molar-refractivity contribution in [3.63, 3.8) is 0 Å². The van der Waals surface area contributed by atoms with Crippen molar-refractivity contribution >= 4 is 18.6 Å². The summed E-state index contributed by atoms with van der Waals surface area (Å²) in [4.78, 5) is 11.5. The summed E-state index contributed by atoms with van der Waals surface area (Å²) in [7, 11) is 0. The Bertz CT molecular complexity index is 278. The quantitative estimate of drug-likeness (QED) is 0.598. The van der Waals surface area contributed by atoms with Crippen molar-refractivity contribution in [2.75, 3.05) is 0 Å². The van der Waals surface area contributed by atoms with Gasteiger partial charge >= 0.3 is 0 Å². The van der Waals surface area contributed by atoms with Gasteiger partial charge in [-0.25, -0.2) is 15.0 Å². The number of nitrogens with zero attached hydrogens (tertiary/aromatic N) is 3. The average molecular weight is 147 g/mol. The predicted octanol–water partition coefficient (Wildman–Crippen LogP) is 1.84. The maximum atomic E-state index is 3.92. The first-order chi connectivity index (χ1) is 5.38. The summed E-state index contributed by atoms with van der Waals surface area (Å²) in [5.41, 5.74) is 0.894. The summed E-state index contributed by atoms with van der Waals surface area (Å²) in [5, 5.41) is 0. The zero-order valence-electron chi connectivity index (χ0n) is 6.36. The lowest BCUT2D eigenvalue weighted by molar-refractivity contribution is 1.14. The first-order valence-corrected chi connectivity index (χ1v) is 3.28. The van der Waals surface area contributed by atoms with Crippen molar-refractivity contribution in [1.82, 2.24) is 9.97 Å². The van der Waals surface area contributed by atoms with Crippen LogP contribution in [0.2, 0.25) is 0 Å². The van der Waals surface area contributed by atoms with E-state index in [0.29, 0.717) is 5.82 Å². The molecule has 0 saturated heterocycles. The second kappa shape index (κ2) is 3.61. The molecular formula is C8H9N3. The molecular weight excluding hydrogens is 138 g/mol. The minimum atomic E-state index is 0.623. The van der Waals surface area contributed by atoms with Gasteiger partial charge in [0, 0.05) is 11.8 Å². The highest BCUT2D eigenvalue weighted by molar-refractivity contribution is 5.60. The summed E-state index contributed by atoms with van der Waals surface area (Å²) >= 11 is 0. The van der Waals surface area contributed by atoms with E-state index in [9.17, 15) is 0 Å². The van der Waals surface area contributed by atoms with Crippen molar-refractivity contribution in [1.29, 1.82) is 0 Å². The molecule has 0 atom stereocenters. The maximum absolute atomic E-state index is 3.92. The largest absolute Gasteiger partial charge is 0.244 e. The third kappa shape index (κ3) is 1.70. The molecule has 3 nitrogen and oxygen atoms in total. The number of hydrogen-bond acceptors (Lipinski definition) is 3. The van der Waals surface area contributed by atoms with Crippen LogP contribution in [-0.4, -0.2) is 16.7 Å². The fraction of sp³-hybridized carbons (Fsp3) is 0.125. The molecule has 1 heterocycles. The third-order valence-electron chi connectivity index (χ3n) is 1.21. The molecule has 0 amide bonds. The van der Waals surface area contributed by atoms with E-state index in [2.05, 4.69) is 21.7 Å². The van der Waals surface area contributed by atoms with E-state index in [0.717, 1.165) is 5.56 Å². The normalized spacial score (nSPS) is 10.3. The summed E-state index contributed by atoms with van der Waals surface area (Å²) in [6, 6.07) is 0. The molecule has 0 saturated carbocycles. The SMILES string of the molecule is C=Nc1ncncc1C=CC. The zero-order chi connectivity index (χ0) is 8.10. The Balaban J connectivity index is 3.11. The summed E-state index contributed by atoms with van der Waals surface area (Å²) in [6.07, 6.45) is 6.96. The van der Waals surface area contributed by atoms with Crippen LogP contribution in [0.3, 0.4) is 0 Å². The second-order valence-corrected chi connectivity index (χ2v) is 1.96. The molecule has 0 radical (unpaired) electrons. The monoisotopic (exact) mass is 147 g/mol. The molecule has 0 N–H and O–H groups in total. The van der Waals surface area contributed by atoms with Crippen LogP contribution < -0.4 is 0 Å². The molecule has 0 fully saturated rings. The minimum Gasteiger partial charge on any atom is -0.244 e. The first kappa shape index (κ1) is 7.60. The molecule has 3 heteroatoms. The Morgan fingerprint density at radius 3 is 3.09 bits per heavy atom. The highest BCUT2D eigenvalue weighted by atomic mass is 14.9.